The molecule has 1 aliphatic carbocycles. The van der Waals surface area contributed by atoms with E-state index in [9.17, 15) is 32.3 Å². The quantitative estimate of drug-likeness (QED) is 0.465. The largest absolute Gasteiger partial charge is 0.350 e. The summed E-state index contributed by atoms with van der Waals surface area (Å²) in [6.45, 7) is 5.66. The number of aromatic nitrogens is 1. The van der Waals surface area contributed by atoms with Gasteiger partial charge in [0.2, 0.25) is 23.6 Å². The maximum atomic E-state index is 14.4. The van der Waals surface area contributed by atoms with Gasteiger partial charge in [-0.3, -0.25) is 24.1 Å². The van der Waals surface area contributed by atoms with Gasteiger partial charge < -0.3 is 25.3 Å². The zero-order valence-corrected chi connectivity index (χ0v) is 33.1. The Morgan fingerprint density at radius 3 is 2.21 bits per heavy atom. The van der Waals surface area contributed by atoms with Crippen LogP contribution in [0.2, 0.25) is 0 Å². The van der Waals surface area contributed by atoms with Crippen molar-refractivity contribution in [2.24, 2.45) is 0 Å². The van der Waals surface area contributed by atoms with E-state index < -0.39 is 17.3 Å². The topological polar surface area (TPSA) is 118 Å². The summed E-state index contributed by atoms with van der Waals surface area (Å²) in [7, 11) is 0. The highest BCUT2D eigenvalue weighted by Crippen LogP contribution is 2.37. The number of rotatable bonds is 3. The smallest absolute Gasteiger partial charge is 0.253 e. The van der Waals surface area contributed by atoms with Crippen LogP contribution in [0.5, 0.6) is 0 Å². The van der Waals surface area contributed by atoms with Crippen LogP contribution in [0.3, 0.4) is 0 Å². The number of thiazole rings is 1. The predicted octanol–water partition coefficient (Wildman–Crippen LogP) is 4.64. The molecule has 4 saturated heterocycles. The van der Waals surface area contributed by atoms with E-state index in [1.165, 1.54) is 24.3 Å². The maximum Gasteiger partial charge on any atom is 0.253 e. The number of alkyl halides is 2. The van der Waals surface area contributed by atoms with Crippen molar-refractivity contribution >= 4 is 35.0 Å². The van der Waals surface area contributed by atoms with Gasteiger partial charge in [0.1, 0.15) is 5.82 Å². The minimum absolute atomic E-state index is 0.0144. The Morgan fingerprint density at radius 1 is 0.875 bits per heavy atom. The van der Waals surface area contributed by atoms with Gasteiger partial charge in [-0.25, -0.2) is 18.2 Å². The van der Waals surface area contributed by atoms with Gasteiger partial charge in [0, 0.05) is 93.1 Å². The average molecular weight is 798 g/mol. The molecular weight excluding hydrogens is 744 g/mol. The standard InChI is InChI=1S/C41H54F3N7O4S/c1-26-33-23-35(52)47-40(14-20-50(21-15-40)38(54)28-2-4-29(42)5-3-28)24-36(53)48-18-10-32(11-19-48)51-25-31(45-30-6-12-41(43,44)13-7-30)22-34(51)39(55)49-16-8-27(9-17-49)37(46-33)56-26/h2-5,27,30-32,34,45H,6-25H2,1H3,(H,47,52)/t31-,34-/m0/s1. The molecule has 4 amide bonds. The first-order valence-corrected chi connectivity index (χ1v) is 21.4. The molecule has 2 aromatic rings. The summed E-state index contributed by atoms with van der Waals surface area (Å²) in [5.74, 6) is -3.14. The first-order valence-electron chi connectivity index (χ1n) is 20.6. The summed E-state index contributed by atoms with van der Waals surface area (Å²) in [6.07, 6.45) is 5.30. The molecule has 1 saturated carbocycles. The fourth-order valence-electron chi connectivity index (χ4n) is 10.1. The first-order chi connectivity index (χ1) is 26.8. The number of nitrogens with one attached hydrogen (secondary N) is 2. The molecule has 56 heavy (non-hydrogen) atoms. The Labute approximate surface area is 330 Å². The molecule has 1 aromatic heterocycles. The zero-order valence-electron chi connectivity index (χ0n) is 32.2. The van der Waals surface area contributed by atoms with Crippen molar-refractivity contribution < 1.29 is 32.3 Å². The van der Waals surface area contributed by atoms with E-state index in [0.717, 1.165) is 28.4 Å². The molecule has 8 heterocycles. The van der Waals surface area contributed by atoms with Crippen LogP contribution >= 0.6 is 11.3 Å². The second-order valence-corrected chi connectivity index (χ2v) is 18.4. The van der Waals surface area contributed by atoms with E-state index in [4.69, 9.17) is 4.98 Å². The van der Waals surface area contributed by atoms with Gasteiger partial charge in [-0.1, -0.05) is 0 Å². The SMILES string of the molecule is Cc1sc2nc1CC(=O)NC1(CCN(C(=O)c3ccc(F)cc3)CC1)CC(=O)N1CCC(CC1)N1C[C@@H](NC3CCC(F)(F)CC3)C[C@H]1C(=O)N1CCC2CC1. The van der Waals surface area contributed by atoms with Crippen LogP contribution in [0.25, 0.3) is 0 Å². The van der Waals surface area contributed by atoms with E-state index in [-0.39, 0.29) is 79.4 Å². The average Bonchev–Trinajstić information content (AvgIpc) is 3.78. The molecular formula is C41H54F3N7O4S. The lowest BCUT2D eigenvalue weighted by Crippen LogP contribution is -2.59. The molecule has 0 radical (unpaired) electrons. The van der Waals surface area contributed by atoms with Crippen LogP contribution in [0.1, 0.15) is 109 Å². The Bertz CT molecular complexity index is 1770. The Kier molecular flexibility index (Phi) is 11.2. The zero-order chi connectivity index (χ0) is 39.2. The Balaban J connectivity index is 1.01. The van der Waals surface area contributed by atoms with Crippen LogP contribution < -0.4 is 10.6 Å². The summed E-state index contributed by atoms with van der Waals surface area (Å²) in [6, 6.07) is 5.33. The monoisotopic (exact) mass is 797 g/mol. The predicted molar refractivity (Wildman–Crippen MR) is 205 cm³/mol. The van der Waals surface area contributed by atoms with Crippen molar-refractivity contribution in [2.45, 2.75) is 132 Å². The van der Waals surface area contributed by atoms with Gasteiger partial charge >= 0.3 is 0 Å². The van der Waals surface area contributed by atoms with Crippen LogP contribution in [-0.2, 0) is 20.8 Å². The first kappa shape index (κ1) is 39.3. The highest BCUT2D eigenvalue weighted by molar-refractivity contribution is 7.11. The third-order valence-corrected chi connectivity index (χ3v) is 14.7. The van der Waals surface area contributed by atoms with Gasteiger partial charge in [0.15, 0.2) is 0 Å². The van der Waals surface area contributed by atoms with Crippen molar-refractivity contribution in [3.63, 3.8) is 0 Å². The van der Waals surface area contributed by atoms with E-state index in [1.54, 1.807) is 16.2 Å². The second-order valence-electron chi connectivity index (χ2n) is 17.2. The number of hydrogen-bond donors (Lipinski definition) is 2. The molecule has 2 atom stereocenters. The fourth-order valence-corrected chi connectivity index (χ4v) is 11.2. The summed E-state index contributed by atoms with van der Waals surface area (Å²) in [5.41, 5.74) is 0.272. The van der Waals surface area contributed by atoms with Crippen molar-refractivity contribution in [1.29, 1.82) is 0 Å². The normalized spacial score (nSPS) is 27.2. The number of fused-ring (bicyclic) bond motifs is 2. The molecule has 7 aliphatic heterocycles. The van der Waals surface area contributed by atoms with E-state index in [2.05, 4.69) is 15.5 Å². The number of piperidine rings is 3. The Morgan fingerprint density at radius 2 is 1.54 bits per heavy atom. The van der Waals surface area contributed by atoms with Crippen LogP contribution in [0.4, 0.5) is 13.2 Å². The number of aryl methyl sites for hydroxylation is 1. The number of carbonyl (C=O) groups is 4. The number of hydrogen-bond acceptors (Lipinski definition) is 8. The van der Waals surface area contributed by atoms with Crippen molar-refractivity contribution in [2.75, 3.05) is 45.8 Å². The minimum Gasteiger partial charge on any atom is -0.350 e. The fraction of sp³-hybridized carbons (Fsp3) is 0.683. The maximum absolute atomic E-state index is 14.4. The number of nitrogens with zero attached hydrogens (tertiary/aromatic N) is 5. The van der Waals surface area contributed by atoms with E-state index >= 15 is 0 Å². The Hall–Kier alpha value is -3.56. The number of carbonyl (C=O) groups excluding carboxylic acids is 4. The highest BCUT2D eigenvalue weighted by Gasteiger charge is 2.46. The molecule has 6 bridgehead atoms. The number of likely N-dealkylation sites (tertiary alicyclic amines) is 1. The second kappa shape index (κ2) is 16.0. The molecule has 15 heteroatoms. The summed E-state index contributed by atoms with van der Waals surface area (Å²) in [5, 5.41) is 7.93. The van der Waals surface area contributed by atoms with E-state index in [1.807, 2.05) is 16.7 Å². The van der Waals surface area contributed by atoms with Crippen LogP contribution in [0, 0.1) is 12.7 Å². The lowest BCUT2D eigenvalue weighted by molar-refractivity contribution is -0.140. The molecule has 2 N–H and O–H groups in total. The van der Waals surface area contributed by atoms with Crippen LogP contribution in [-0.4, -0.2) is 130 Å². The number of benzene rings is 1. The van der Waals surface area contributed by atoms with Gasteiger partial charge in [-0.2, -0.15) is 0 Å². The number of amides is 4. The number of halogens is 3. The molecule has 1 spiro atoms. The van der Waals surface area contributed by atoms with Crippen molar-refractivity contribution in [1.82, 2.24) is 35.2 Å². The van der Waals surface area contributed by atoms with Crippen molar-refractivity contribution in [3.05, 3.63) is 51.2 Å². The lowest BCUT2D eigenvalue weighted by Gasteiger charge is -2.44. The molecule has 5 fully saturated rings. The molecule has 1 aromatic carbocycles. The molecule has 304 valence electrons. The molecule has 11 nitrogen and oxygen atoms in total. The van der Waals surface area contributed by atoms with Gasteiger partial charge in [0.05, 0.1) is 35.1 Å². The molecule has 10 rings (SSSR count). The van der Waals surface area contributed by atoms with Gasteiger partial charge in [-0.15, -0.1) is 11.3 Å². The molecule has 0 unspecified atom stereocenters. The van der Waals surface area contributed by atoms with Crippen molar-refractivity contribution in [3.8, 4) is 0 Å². The third-order valence-electron chi connectivity index (χ3n) is 13.5. The third kappa shape index (κ3) is 8.50. The van der Waals surface area contributed by atoms with Crippen LogP contribution in [0.15, 0.2) is 24.3 Å². The lowest BCUT2D eigenvalue weighted by atomic mass is 9.83. The summed E-state index contributed by atoms with van der Waals surface area (Å²) < 4.78 is 41.5. The minimum atomic E-state index is -2.60. The molecule has 8 aliphatic rings. The van der Waals surface area contributed by atoms with Gasteiger partial charge in [-0.05, 0) is 89.0 Å². The summed E-state index contributed by atoms with van der Waals surface area (Å²) in [4.78, 5) is 69.5. The summed E-state index contributed by atoms with van der Waals surface area (Å²) >= 11 is 1.61. The van der Waals surface area contributed by atoms with E-state index in [0.29, 0.717) is 96.3 Å². The van der Waals surface area contributed by atoms with Gasteiger partial charge in [0.25, 0.3) is 5.91 Å². The highest BCUT2D eigenvalue weighted by atomic mass is 32.1.